The Morgan fingerprint density at radius 2 is 1.77 bits per heavy atom. The van der Waals surface area contributed by atoms with E-state index in [9.17, 15) is 32.7 Å². The van der Waals surface area contributed by atoms with E-state index in [1.807, 2.05) is 6.08 Å². The van der Waals surface area contributed by atoms with Crippen LogP contribution in [0.5, 0.6) is 11.5 Å². The Morgan fingerprint density at radius 1 is 1.04 bits per heavy atom. The molecule has 2 aromatic carbocycles. The van der Waals surface area contributed by atoms with Gasteiger partial charge in [0.1, 0.15) is 0 Å². The van der Waals surface area contributed by atoms with E-state index in [0.29, 0.717) is 39.0 Å². The summed E-state index contributed by atoms with van der Waals surface area (Å²) in [5.74, 6) is -7.15. The lowest BCUT2D eigenvalue weighted by molar-refractivity contribution is -0.139. The second-order valence-electron chi connectivity index (χ2n) is 12.2. The molecule has 4 aliphatic rings. The van der Waals surface area contributed by atoms with Crippen LogP contribution in [0.1, 0.15) is 35.4 Å². The van der Waals surface area contributed by atoms with Crippen molar-refractivity contribution in [3.63, 3.8) is 0 Å². The molecule has 3 heterocycles. The highest BCUT2D eigenvalue weighted by Crippen LogP contribution is 2.64. The van der Waals surface area contributed by atoms with Gasteiger partial charge in [-0.15, -0.1) is 0 Å². The van der Waals surface area contributed by atoms with Gasteiger partial charge in [0.05, 0.1) is 40.9 Å². The smallest absolute Gasteiger partial charge is 0.417 e. The van der Waals surface area contributed by atoms with Crippen LogP contribution in [0, 0.1) is 23.7 Å². The maximum atomic E-state index is 15.0. The topological polar surface area (TPSA) is 138 Å². The average Bonchev–Trinajstić information content (AvgIpc) is 3.45. The van der Waals surface area contributed by atoms with E-state index in [0.717, 1.165) is 0 Å². The van der Waals surface area contributed by atoms with Crippen LogP contribution in [-0.2, 0) is 30.8 Å². The maximum Gasteiger partial charge on any atom is 0.417 e. The Kier molecular flexibility index (Phi) is 7.48. The number of aromatic nitrogens is 1. The van der Waals surface area contributed by atoms with Crippen molar-refractivity contribution in [3.8, 4) is 11.5 Å². The highest BCUT2D eigenvalue weighted by atomic mass is 35.5. The molecule has 248 valence electrons. The molecular weight excluding hydrogens is 676 g/mol. The number of carbonyl (C=O) groups is 4. The molecule has 10 nitrogen and oxygen atoms in total. The van der Waals surface area contributed by atoms with Gasteiger partial charge in [0, 0.05) is 17.1 Å². The number of hydrazine groups is 1. The first-order chi connectivity index (χ1) is 22.8. The number of hydrogen-bond donors (Lipinski definition) is 3. The number of halogens is 5. The molecule has 1 aromatic heterocycles. The van der Waals surface area contributed by atoms with Crippen LogP contribution in [0.15, 0.2) is 66.4 Å². The molecule has 0 bridgehead atoms. The van der Waals surface area contributed by atoms with Gasteiger partial charge < -0.3 is 9.84 Å². The molecule has 7 rings (SSSR count). The zero-order chi connectivity index (χ0) is 34.3. The molecule has 3 aromatic rings. The molecular formula is C33H25Cl2F3N4O6. The third-order valence-corrected chi connectivity index (χ3v) is 10.5. The first kappa shape index (κ1) is 32.0. The van der Waals surface area contributed by atoms with Crippen LogP contribution < -0.4 is 15.5 Å². The molecule has 4 amide bonds. The van der Waals surface area contributed by atoms with Crippen molar-refractivity contribution >= 4 is 52.6 Å². The minimum atomic E-state index is -4.74. The van der Waals surface area contributed by atoms with E-state index in [1.165, 1.54) is 19.2 Å². The zero-order valence-electron chi connectivity index (χ0n) is 24.8. The standard InChI is InChI=1S/C33H25Cl2F3N4O6/c1-48-24-9-2-14(10-23(24)43)26-18-7-8-19-25(29(45)40-28(19)44)20(18)12-21-30(46)42(31(47)32(21,26)15-3-5-17(34)6-4-15)41-27-22(35)11-16(13-39-27)33(36,37)38/h2-7,9-11,13,19-21,25-26,43H,8,12H2,1H3,(H,39,41)(H,40,44,45). The number of allylic oxidation sites excluding steroid dienone is 2. The lowest BCUT2D eigenvalue weighted by atomic mass is 9.49. The van der Waals surface area contributed by atoms with Gasteiger partial charge in [0.15, 0.2) is 17.3 Å². The normalized spacial score (nSPS) is 28.0. The molecule has 2 saturated heterocycles. The fourth-order valence-electron chi connectivity index (χ4n) is 7.96. The van der Waals surface area contributed by atoms with Crippen molar-refractivity contribution in [2.24, 2.45) is 23.7 Å². The number of pyridine rings is 1. The molecule has 6 unspecified atom stereocenters. The summed E-state index contributed by atoms with van der Waals surface area (Å²) in [6, 6.07) is 11.6. The number of fused-ring (bicyclic) bond motifs is 4. The number of anilines is 1. The predicted octanol–water partition coefficient (Wildman–Crippen LogP) is 5.39. The molecule has 1 saturated carbocycles. The number of benzene rings is 2. The molecule has 2 aliphatic heterocycles. The lowest BCUT2D eigenvalue weighted by Crippen LogP contribution is -2.53. The second-order valence-corrected chi connectivity index (χ2v) is 13.0. The van der Waals surface area contributed by atoms with Crippen LogP contribution >= 0.6 is 23.2 Å². The Morgan fingerprint density at radius 3 is 2.42 bits per heavy atom. The summed E-state index contributed by atoms with van der Waals surface area (Å²) in [6.45, 7) is 0. The van der Waals surface area contributed by atoms with Crippen LogP contribution in [0.3, 0.4) is 0 Å². The van der Waals surface area contributed by atoms with E-state index in [4.69, 9.17) is 27.9 Å². The van der Waals surface area contributed by atoms with Gasteiger partial charge in [-0.2, -0.15) is 18.2 Å². The molecule has 2 aliphatic carbocycles. The Labute approximate surface area is 280 Å². The van der Waals surface area contributed by atoms with Crippen LogP contribution in [-0.4, -0.2) is 45.8 Å². The zero-order valence-corrected chi connectivity index (χ0v) is 26.4. The number of phenolic OH excluding ortho intramolecular Hbond substituents is 1. The third kappa shape index (κ3) is 4.66. The number of carbonyl (C=O) groups excluding carboxylic acids is 4. The predicted molar refractivity (Wildman–Crippen MR) is 165 cm³/mol. The summed E-state index contributed by atoms with van der Waals surface area (Å²) in [4.78, 5) is 59.2. The van der Waals surface area contributed by atoms with Crippen molar-refractivity contribution < 1.29 is 42.2 Å². The van der Waals surface area contributed by atoms with Crippen LogP contribution in [0.25, 0.3) is 0 Å². The number of alkyl halides is 3. The van der Waals surface area contributed by atoms with E-state index in [2.05, 4.69) is 15.7 Å². The van der Waals surface area contributed by atoms with Crippen LogP contribution in [0.4, 0.5) is 19.0 Å². The summed E-state index contributed by atoms with van der Waals surface area (Å²) in [6.07, 6.45) is -2.21. The molecule has 15 heteroatoms. The summed E-state index contributed by atoms with van der Waals surface area (Å²) in [5.41, 5.74) is 1.16. The number of aromatic hydroxyl groups is 1. The number of nitrogens with one attached hydrogen (secondary N) is 2. The van der Waals surface area contributed by atoms with Gasteiger partial charge in [-0.1, -0.05) is 53.1 Å². The average molecular weight is 701 g/mol. The quantitative estimate of drug-likeness (QED) is 0.238. The largest absolute Gasteiger partial charge is 0.504 e. The number of hydrogen-bond acceptors (Lipinski definition) is 8. The van der Waals surface area contributed by atoms with Gasteiger partial charge in [0.2, 0.25) is 11.8 Å². The maximum absolute atomic E-state index is 15.0. The van der Waals surface area contributed by atoms with Gasteiger partial charge >= 0.3 is 6.18 Å². The molecule has 0 spiro atoms. The highest BCUT2D eigenvalue weighted by molar-refractivity contribution is 6.33. The van der Waals surface area contributed by atoms with Crippen LogP contribution in [0.2, 0.25) is 10.0 Å². The first-order valence-electron chi connectivity index (χ1n) is 14.8. The summed E-state index contributed by atoms with van der Waals surface area (Å²) in [5, 5.41) is 13.9. The SMILES string of the molecule is COc1ccc(C2C3=CCC4C(=O)NC(=O)C4C3CC3C(=O)N(Nc4ncc(C(F)(F)F)cc4Cl)C(=O)C32c2ccc(Cl)cc2)cc1O. The fraction of sp³-hybridized carbons (Fsp3) is 0.303. The molecule has 0 radical (unpaired) electrons. The van der Waals surface area contributed by atoms with Gasteiger partial charge in [-0.05, 0) is 60.2 Å². The molecule has 48 heavy (non-hydrogen) atoms. The lowest BCUT2D eigenvalue weighted by Gasteiger charge is -2.50. The van der Waals surface area contributed by atoms with Crippen molar-refractivity contribution in [1.29, 1.82) is 0 Å². The monoisotopic (exact) mass is 700 g/mol. The summed E-state index contributed by atoms with van der Waals surface area (Å²) < 4.78 is 45.3. The molecule has 3 fully saturated rings. The minimum Gasteiger partial charge on any atom is -0.504 e. The van der Waals surface area contributed by atoms with E-state index in [1.54, 1.807) is 30.3 Å². The number of rotatable bonds is 5. The number of phenols is 1. The number of amides is 4. The highest BCUT2D eigenvalue weighted by Gasteiger charge is 2.70. The first-order valence-corrected chi connectivity index (χ1v) is 15.6. The van der Waals surface area contributed by atoms with Crippen molar-refractivity contribution in [3.05, 3.63) is 93.1 Å². The summed E-state index contributed by atoms with van der Waals surface area (Å²) >= 11 is 12.4. The van der Waals surface area contributed by atoms with Gasteiger partial charge in [0.25, 0.3) is 11.8 Å². The van der Waals surface area contributed by atoms with E-state index < -0.39 is 75.4 Å². The summed E-state index contributed by atoms with van der Waals surface area (Å²) in [7, 11) is 1.37. The van der Waals surface area contributed by atoms with Crippen molar-refractivity contribution in [1.82, 2.24) is 15.3 Å². The minimum absolute atomic E-state index is 0.0219. The van der Waals surface area contributed by atoms with Crippen molar-refractivity contribution in [2.75, 3.05) is 12.5 Å². The van der Waals surface area contributed by atoms with Gasteiger partial charge in [-0.25, -0.2) is 4.98 Å². The van der Waals surface area contributed by atoms with Crippen molar-refractivity contribution in [2.45, 2.75) is 30.4 Å². The Hall–Kier alpha value is -4.62. The third-order valence-electron chi connectivity index (χ3n) is 9.94. The Bertz CT molecular complexity index is 1940. The fourth-order valence-corrected chi connectivity index (χ4v) is 8.29. The van der Waals surface area contributed by atoms with Gasteiger partial charge in [-0.3, -0.25) is 29.9 Å². The second kappa shape index (κ2) is 11.2. The number of imide groups is 2. The van der Waals surface area contributed by atoms with E-state index in [-0.39, 0.29) is 30.2 Å². The number of nitrogens with zero attached hydrogens (tertiary/aromatic N) is 2. The molecule has 3 N–H and O–H groups in total. The number of ether oxygens (including phenoxy) is 1. The van der Waals surface area contributed by atoms with E-state index >= 15 is 4.79 Å². The Balaban J connectivity index is 1.44. The number of methoxy groups -OCH3 is 1. The molecule has 6 atom stereocenters.